The number of aromatic nitrogens is 2. The van der Waals surface area contributed by atoms with E-state index in [-0.39, 0.29) is 5.82 Å². The summed E-state index contributed by atoms with van der Waals surface area (Å²) in [7, 11) is 0. The molecule has 20 heavy (non-hydrogen) atoms. The van der Waals surface area contributed by atoms with Gasteiger partial charge < -0.3 is 9.55 Å². The minimum atomic E-state index is -0.170. The van der Waals surface area contributed by atoms with Crippen molar-refractivity contribution in [2.24, 2.45) is 5.92 Å². The monoisotopic (exact) mass is 404 g/mol. The third kappa shape index (κ3) is 2.54. The molecule has 1 aromatic heterocycles. The average molecular weight is 404 g/mol. The SMILES string of the molecule is CC(C1CCCCC1)n1c(=S)[nH]c2cc(I)c(F)cc21. The van der Waals surface area contributed by atoms with Crippen LogP contribution in [0.5, 0.6) is 0 Å². The number of imidazole rings is 1. The Labute approximate surface area is 136 Å². The fraction of sp³-hybridized carbons (Fsp3) is 0.533. The van der Waals surface area contributed by atoms with E-state index in [4.69, 9.17) is 12.2 Å². The first kappa shape index (κ1) is 14.5. The Morgan fingerprint density at radius 2 is 2.05 bits per heavy atom. The predicted octanol–water partition coefficient (Wildman–Crippen LogP) is 5.58. The maximum Gasteiger partial charge on any atom is 0.178 e. The van der Waals surface area contributed by atoms with Crippen LogP contribution in [0.4, 0.5) is 4.39 Å². The van der Waals surface area contributed by atoms with Crippen molar-refractivity contribution in [1.82, 2.24) is 9.55 Å². The second-order valence-corrected chi connectivity index (χ2v) is 7.27. The van der Waals surface area contributed by atoms with E-state index >= 15 is 0 Å². The molecule has 1 atom stereocenters. The molecule has 2 nitrogen and oxygen atoms in total. The number of hydrogen-bond donors (Lipinski definition) is 1. The third-order valence-corrected chi connectivity index (χ3v) is 5.62. The Hall–Kier alpha value is -0.430. The zero-order valence-corrected chi connectivity index (χ0v) is 14.4. The van der Waals surface area contributed by atoms with Crippen LogP contribution in [0.1, 0.15) is 45.1 Å². The van der Waals surface area contributed by atoms with Gasteiger partial charge in [-0.3, -0.25) is 0 Å². The predicted molar refractivity (Wildman–Crippen MR) is 91.1 cm³/mol. The molecular formula is C15H18FIN2S. The summed E-state index contributed by atoms with van der Waals surface area (Å²) in [6.07, 6.45) is 6.45. The van der Waals surface area contributed by atoms with Crippen LogP contribution < -0.4 is 0 Å². The summed E-state index contributed by atoms with van der Waals surface area (Å²) >= 11 is 7.48. The highest BCUT2D eigenvalue weighted by atomic mass is 127. The van der Waals surface area contributed by atoms with Gasteiger partial charge in [0.2, 0.25) is 0 Å². The summed E-state index contributed by atoms with van der Waals surface area (Å²) in [5.74, 6) is 0.480. The molecule has 0 amide bonds. The van der Waals surface area contributed by atoms with E-state index in [2.05, 4.69) is 16.5 Å². The maximum atomic E-state index is 13.9. The maximum absolute atomic E-state index is 13.9. The van der Waals surface area contributed by atoms with Crippen LogP contribution in [0.25, 0.3) is 11.0 Å². The lowest BCUT2D eigenvalue weighted by Crippen LogP contribution is -2.19. The average Bonchev–Trinajstić information content (AvgIpc) is 2.75. The van der Waals surface area contributed by atoms with Gasteiger partial charge in [0.25, 0.3) is 0 Å². The number of hydrogen-bond acceptors (Lipinski definition) is 1. The highest BCUT2D eigenvalue weighted by Crippen LogP contribution is 2.35. The summed E-state index contributed by atoms with van der Waals surface area (Å²) in [4.78, 5) is 3.22. The van der Waals surface area contributed by atoms with Gasteiger partial charge in [-0.15, -0.1) is 0 Å². The number of benzene rings is 1. The Kier molecular flexibility index (Phi) is 4.17. The molecule has 5 heteroatoms. The molecule has 1 saturated carbocycles. The summed E-state index contributed by atoms with van der Waals surface area (Å²) in [6.45, 7) is 2.22. The van der Waals surface area contributed by atoms with Gasteiger partial charge >= 0.3 is 0 Å². The van der Waals surface area contributed by atoms with Gasteiger partial charge in [0.05, 0.1) is 14.6 Å². The molecule has 0 aliphatic heterocycles. The van der Waals surface area contributed by atoms with Crippen molar-refractivity contribution in [3.05, 3.63) is 26.3 Å². The topological polar surface area (TPSA) is 20.7 Å². The van der Waals surface area contributed by atoms with Crippen molar-refractivity contribution in [3.63, 3.8) is 0 Å². The number of aromatic amines is 1. The smallest absolute Gasteiger partial charge is 0.178 e. The first-order valence-corrected chi connectivity index (χ1v) is 8.66. The summed E-state index contributed by atoms with van der Waals surface area (Å²) in [5.41, 5.74) is 1.83. The van der Waals surface area contributed by atoms with Crippen molar-refractivity contribution in [1.29, 1.82) is 0 Å². The summed E-state index contributed by atoms with van der Waals surface area (Å²) in [5, 5.41) is 0. The number of H-pyrrole nitrogens is 1. The fourth-order valence-electron chi connectivity index (χ4n) is 3.35. The zero-order valence-electron chi connectivity index (χ0n) is 11.5. The van der Waals surface area contributed by atoms with Crippen LogP contribution in [0.2, 0.25) is 0 Å². The standard InChI is InChI=1S/C15H18FIN2S/c1-9(10-5-3-2-4-6-10)19-14-7-11(16)12(17)8-13(14)18-15(19)20/h7-10H,2-6H2,1H3,(H,18,20). The summed E-state index contributed by atoms with van der Waals surface area (Å²) in [6, 6.07) is 3.78. The molecule has 1 aliphatic rings. The molecule has 0 saturated heterocycles. The molecule has 0 bridgehead atoms. The molecule has 1 N–H and O–H groups in total. The van der Waals surface area contributed by atoms with Gasteiger partial charge in [0.1, 0.15) is 5.82 Å². The van der Waals surface area contributed by atoms with E-state index in [1.54, 1.807) is 6.07 Å². The largest absolute Gasteiger partial charge is 0.331 e. The highest BCUT2D eigenvalue weighted by Gasteiger charge is 2.23. The molecule has 1 aliphatic carbocycles. The number of fused-ring (bicyclic) bond motifs is 1. The fourth-order valence-corrected chi connectivity index (χ4v) is 4.19. The molecule has 0 radical (unpaired) electrons. The van der Waals surface area contributed by atoms with Crippen molar-refractivity contribution in [3.8, 4) is 0 Å². The molecule has 1 aromatic carbocycles. The molecule has 2 aromatic rings. The van der Waals surface area contributed by atoms with Crippen molar-refractivity contribution in [2.45, 2.75) is 45.1 Å². The van der Waals surface area contributed by atoms with Crippen LogP contribution in [-0.4, -0.2) is 9.55 Å². The van der Waals surface area contributed by atoms with Crippen molar-refractivity contribution >= 4 is 45.8 Å². The molecule has 1 fully saturated rings. The number of nitrogens with one attached hydrogen (secondary N) is 1. The minimum absolute atomic E-state index is 0.170. The second-order valence-electron chi connectivity index (χ2n) is 5.72. The van der Waals surface area contributed by atoms with Gasteiger partial charge in [-0.1, -0.05) is 19.3 Å². The highest BCUT2D eigenvalue weighted by molar-refractivity contribution is 14.1. The van der Waals surface area contributed by atoms with E-state index in [0.717, 1.165) is 11.0 Å². The van der Waals surface area contributed by atoms with Gasteiger partial charge in [-0.25, -0.2) is 4.39 Å². The summed E-state index contributed by atoms with van der Waals surface area (Å²) < 4.78 is 17.3. The van der Waals surface area contributed by atoms with E-state index in [0.29, 0.717) is 20.3 Å². The van der Waals surface area contributed by atoms with Gasteiger partial charge in [-0.2, -0.15) is 0 Å². The number of halogens is 2. The third-order valence-electron chi connectivity index (χ3n) is 4.50. The van der Waals surface area contributed by atoms with Crippen LogP contribution in [0, 0.1) is 20.1 Å². The minimum Gasteiger partial charge on any atom is -0.331 e. The Balaban J connectivity index is 2.08. The number of nitrogens with zero attached hydrogens (tertiary/aromatic N) is 1. The van der Waals surface area contributed by atoms with Crippen molar-refractivity contribution < 1.29 is 4.39 Å². The molecule has 3 rings (SSSR count). The van der Waals surface area contributed by atoms with E-state index in [1.165, 1.54) is 32.1 Å². The van der Waals surface area contributed by atoms with Crippen LogP contribution >= 0.6 is 34.8 Å². The second kappa shape index (κ2) is 5.75. The Morgan fingerprint density at radius 3 is 2.75 bits per heavy atom. The first-order valence-electron chi connectivity index (χ1n) is 7.17. The van der Waals surface area contributed by atoms with Gasteiger partial charge in [0, 0.05) is 12.1 Å². The molecule has 1 unspecified atom stereocenters. The lowest BCUT2D eigenvalue weighted by atomic mass is 9.84. The molecule has 108 valence electrons. The lowest BCUT2D eigenvalue weighted by molar-refractivity contribution is 0.266. The number of rotatable bonds is 2. The first-order chi connectivity index (χ1) is 9.58. The van der Waals surface area contributed by atoms with E-state index in [9.17, 15) is 4.39 Å². The van der Waals surface area contributed by atoms with Crippen molar-refractivity contribution in [2.75, 3.05) is 0 Å². The molecule has 1 heterocycles. The van der Waals surface area contributed by atoms with Crippen LogP contribution in [0.3, 0.4) is 0 Å². The molecule has 0 spiro atoms. The Morgan fingerprint density at radius 1 is 1.35 bits per heavy atom. The quantitative estimate of drug-likeness (QED) is 0.512. The van der Waals surface area contributed by atoms with Crippen LogP contribution in [-0.2, 0) is 0 Å². The van der Waals surface area contributed by atoms with Crippen LogP contribution in [0.15, 0.2) is 12.1 Å². The lowest BCUT2D eigenvalue weighted by Gasteiger charge is -2.29. The molecular weight excluding hydrogens is 386 g/mol. The van der Waals surface area contributed by atoms with Gasteiger partial charge in [-0.05, 0) is 66.6 Å². The Bertz CT molecular complexity index is 685. The van der Waals surface area contributed by atoms with E-state index in [1.807, 2.05) is 28.7 Å². The van der Waals surface area contributed by atoms with E-state index < -0.39 is 0 Å². The zero-order chi connectivity index (χ0) is 14.3. The van der Waals surface area contributed by atoms with Gasteiger partial charge in [0.15, 0.2) is 4.77 Å². The normalized spacial score (nSPS) is 18.6.